The molecular weight excluding hydrogens is 278 g/mol. The highest BCUT2D eigenvalue weighted by Gasteiger charge is 2.18. The average molecular weight is 313 g/mol. The van der Waals surface area contributed by atoms with Crippen LogP contribution in [0.5, 0.6) is 0 Å². The lowest BCUT2D eigenvalue weighted by molar-refractivity contribution is -0.122. The standard InChI is InChI=1S/C13H23N3O2.2C2H6/c1-10(17)11(14-2)6-3-4-8-16-13(18)12-7-5-9-15-12;2*1-2/h9,11-12,14H,3-8H2,1-2H3,(H,16,18);2*1-2H3. The highest BCUT2D eigenvalue weighted by Crippen LogP contribution is 2.08. The van der Waals surface area contributed by atoms with Gasteiger partial charge < -0.3 is 10.6 Å². The number of Topliss-reactive ketones (excluding diaryl/α,β-unsaturated/α-hetero) is 1. The zero-order chi connectivity index (χ0) is 17.4. The molecule has 1 heterocycles. The number of carbonyl (C=O) groups is 2. The van der Waals surface area contributed by atoms with Crippen LogP contribution < -0.4 is 10.6 Å². The van der Waals surface area contributed by atoms with Gasteiger partial charge in [-0.15, -0.1) is 0 Å². The number of likely N-dealkylation sites (N-methyl/N-ethyl adjacent to an activating group) is 1. The van der Waals surface area contributed by atoms with E-state index in [1.165, 1.54) is 0 Å². The third kappa shape index (κ3) is 10.5. The normalized spacial score (nSPS) is 16.7. The molecule has 0 aromatic rings. The highest BCUT2D eigenvalue weighted by molar-refractivity contribution is 5.85. The Morgan fingerprint density at radius 2 is 1.86 bits per heavy atom. The zero-order valence-electron chi connectivity index (χ0n) is 15.2. The van der Waals surface area contributed by atoms with Gasteiger partial charge >= 0.3 is 0 Å². The Balaban J connectivity index is 0. The van der Waals surface area contributed by atoms with E-state index in [1.807, 2.05) is 33.9 Å². The number of hydrogen-bond donors (Lipinski definition) is 2. The van der Waals surface area contributed by atoms with E-state index in [0.717, 1.165) is 32.1 Å². The predicted octanol–water partition coefficient (Wildman–Crippen LogP) is 2.74. The molecule has 0 fully saturated rings. The Morgan fingerprint density at radius 1 is 1.23 bits per heavy atom. The SMILES string of the molecule is CC.CC.CNC(CCCCNC(=O)C1CCC=N1)C(C)=O. The van der Waals surface area contributed by atoms with Crippen molar-refractivity contribution in [2.45, 2.75) is 78.8 Å². The summed E-state index contributed by atoms with van der Waals surface area (Å²) in [6, 6.07) is -0.229. The monoisotopic (exact) mass is 313 g/mol. The summed E-state index contributed by atoms with van der Waals surface area (Å²) in [4.78, 5) is 26.9. The fraction of sp³-hybridized carbons (Fsp3) is 0.824. The molecule has 2 unspecified atom stereocenters. The average Bonchev–Trinajstić information content (AvgIpc) is 3.08. The van der Waals surface area contributed by atoms with Crippen molar-refractivity contribution in [2.75, 3.05) is 13.6 Å². The van der Waals surface area contributed by atoms with Crippen molar-refractivity contribution < 1.29 is 9.59 Å². The third-order valence-corrected chi connectivity index (χ3v) is 3.22. The Hall–Kier alpha value is -1.23. The summed E-state index contributed by atoms with van der Waals surface area (Å²) in [5.41, 5.74) is 0. The molecule has 0 spiro atoms. The zero-order valence-corrected chi connectivity index (χ0v) is 15.2. The number of rotatable bonds is 8. The van der Waals surface area contributed by atoms with E-state index in [2.05, 4.69) is 15.6 Å². The molecule has 0 saturated carbocycles. The Kier molecular flexibility index (Phi) is 16.9. The second-order valence-corrected chi connectivity index (χ2v) is 4.66. The molecular formula is C17H35N3O2. The lowest BCUT2D eigenvalue weighted by Crippen LogP contribution is -2.34. The molecule has 5 nitrogen and oxygen atoms in total. The summed E-state index contributed by atoms with van der Waals surface area (Å²) in [5.74, 6) is 0.197. The maximum atomic E-state index is 11.6. The number of aliphatic imine (C=N–C) groups is 1. The smallest absolute Gasteiger partial charge is 0.244 e. The van der Waals surface area contributed by atoms with E-state index in [1.54, 1.807) is 14.0 Å². The van der Waals surface area contributed by atoms with Crippen molar-refractivity contribution in [2.24, 2.45) is 4.99 Å². The first-order chi connectivity index (χ1) is 10.6. The van der Waals surface area contributed by atoms with Gasteiger partial charge in [0.25, 0.3) is 0 Å². The Morgan fingerprint density at radius 3 is 2.32 bits per heavy atom. The van der Waals surface area contributed by atoms with Gasteiger partial charge in [-0.1, -0.05) is 27.7 Å². The molecule has 22 heavy (non-hydrogen) atoms. The minimum Gasteiger partial charge on any atom is -0.354 e. The molecule has 2 atom stereocenters. The second-order valence-electron chi connectivity index (χ2n) is 4.66. The molecule has 0 aromatic carbocycles. The van der Waals surface area contributed by atoms with Crippen molar-refractivity contribution in [3.8, 4) is 0 Å². The molecule has 1 aliphatic heterocycles. The highest BCUT2D eigenvalue weighted by atomic mass is 16.2. The van der Waals surface area contributed by atoms with Crippen LogP contribution in [0, 0.1) is 0 Å². The fourth-order valence-corrected chi connectivity index (χ4v) is 2.06. The summed E-state index contributed by atoms with van der Waals surface area (Å²) < 4.78 is 0. The van der Waals surface area contributed by atoms with Gasteiger partial charge in [-0.3, -0.25) is 14.6 Å². The van der Waals surface area contributed by atoms with Crippen molar-refractivity contribution in [1.82, 2.24) is 10.6 Å². The van der Waals surface area contributed by atoms with Crippen LogP contribution in [0.15, 0.2) is 4.99 Å². The molecule has 0 radical (unpaired) electrons. The van der Waals surface area contributed by atoms with E-state index < -0.39 is 0 Å². The second kappa shape index (κ2) is 16.1. The summed E-state index contributed by atoms with van der Waals surface area (Å²) in [6.45, 7) is 10.3. The Bertz CT molecular complexity index is 317. The van der Waals surface area contributed by atoms with Crippen molar-refractivity contribution in [3.05, 3.63) is 0 Å². The number of amides is 1. The molecule has 1 aliphatic rings. The quantitative estimate of drug-likeness (QED) is 0.677. The molecule has 1 rings (SSSR count). The number of carbonyl (C=O) groups excluding carboxylic acids is 2. The molecule has 130 valence electrons. The van der Waals surface area contributed by atoms with Gasteiger partial charge in [0.05, 0.1) is 6.04 Å². The van der Waals surface area contributed by atoms with Gasteiger partial charge in [0.2, 0.25) is 5.91 Å². The first-order valence-corrected chi connectivity index (χ1v) is 8.62. The van der Waals surface area contributed by atoms with Crippen LogP contribution in [-0.2, 0) is 9.59 Å². The molecule has 0 aliphatic carbocycles. The summed E-state index contributed by atoms with van der Waals surface area (Å²) in [7, 11) is 1.80. The third-order valence-electron chi connectivity index (χ3n) is 3.22. The lowest BCUT2D eigenvalue weighted by atomic mass is 10.1. The van der Waals surface area contributed by atoms with Gasteiger partial charge in [-0.25, -0.2) is 0 Å². The molecule has 2 N–H and O–H groups in total. The van der Waals surface area contributed by atoms with Gasteiger partial charge in [0, 0.05) is 6.54 Å². The molecule has 0 bridgehead atoms. The maximum absolute atomic E-state index is 11.6. The van der Waals surface area contributed by atoms with Gasteiger partial charge in [0.1, 0.15) is 11.8 Å². The first-order valence-electron chi connectivity index (χ1n) is 8.62. The topological polar surface area (TPSA) is 70.6 Å². The van der Waals surface area contributed by atoms with Crippen LogP contribution in [0.3, 0.4) is 0 Å². The van der Waals surface area contributed by atoms with E-state index in [4.69, 9.17) is 0 Å². The summed E-state index contributed by atoms with van der Waals surface area (Å²) >= 11 is 0. The van der Waals surface area contributed by atoms with Crippen LogP contribution in [0.25, 0.3) is 0 Å². The van der Waals surface area contributed by atoms with E-state index >= 15 is 0 Å². The Labute approximate surface area is 136 Å². The molecule has 0 saturated heterocycles. The number of nitrogens with one attached hydrogen (secondary N) is 2. The van der Waals surface area contributed by atoms with E-state index in [9.17, 15) is 9.59 Å². The number of ketones is 1. The van der Waals surface area contributed by atoms with E-state index in [0.29, 0.717) is 6.54 Å². The number of nitrogens with zero attached hydrogens (tertiary/aromatic N) is 1. The molecule has 5 heteroatoms. The fourth-order valence-electron chi connectivity index (χ4n) is 2.06. The van der Waals surface area contributed by atoms with Crippen LogP contribution in [0.1, 0.15) is 66.7 Å². The molecule has 0 aromatic heterocycles. The van der Waals surface area contributed by atoms with Gasteiger partial charge in [0.15, 0.2) is 0 Å². The first kappa shape index (κ1) is 23.0. The van der Waals surface area contributed by atoms with Crippen molar-refractivity contribution >= 4 is 17.9 Å². The number of hydrogen-bond acceptors (Lipinski definition) is 4. The van der Waals surface area contributed by atoms with Crippen LogP contribution >= 0.6 is 0 Å². The minimum atomic E-state index is -0.174. The largest absolute Gasteiger partial charge is 0.354 e. The maximum Gasteiger partial charge on any atom is 0.244 e. The predicted molar refractivity (Wildman–Crippen MR) is 94.6 cm³/mol. The summed E-state index contributed by atoms with van der Waals surface area (Å²) in [5, 5.41) is 5.88. The van der Waals surface area contributed by atoms with Crippen LogP contribution in [0.2, 0.25) is 0 Å². The number of unbranched alkanes of at least 4 members (excludes halogenated alkanes) is 1. The van der Waals surface area contributed by atoms with E-state index in [-0.39, 0.29) is 23.8 Å². The van der Waals surface area contributed by atoms with Crippen LogP contribution in [-0.4, -0.2) is 43.6 Å². The van der Waals surface area contributed by atoms with Crippen LogP contribution in [0.4, 0.5) is 0 Å². The van der Waals surface area contributed by atoms with Crippen molar-refractivity contribution in [3.63, 3.8) is 0 Å². The van der Waals surface area contributed by atoms with Gasteiger partial charge in [-0.05, 0) is 52.3 Å². The van der Waals surface area contributed by atoms with Gasteiger partial charge in [-0.2, -0.15) is 0 Å². The molecule has 1 amide bonds. The minimum absolute atomic E-state index is 0.0282. The summed E-state index contributed by atoms with van der Waals surface area (Å²) in [6.07, 6.45) is 6.20. The van der Waals surface area contributed by atoms with Crippen molar-refractivity contribution in [1.29, 1.82) is 0 Å². The lowest BCUT2D eigenvalue weighted by Gasteiger charge is -2.12.